The van der Waals surface area contributed by atoms with E-state index in [0.717, 1.165) is 41.3 Å². The molecule has 184 valence electrons. The molecule has 34 heavy (non-hydrogen) atoms. The van der Waals surface area contributed by atoms with Crippen LogP contribution < -0.4 is 15.4 Å². The van der Waals surface area contributed by atoms with Crippen molar-refractivity contribution in [2.75, 3.05) is 20.2 Å². The van der Waals surface area contributed by atoms with Crippen molar-refractivity contribution in [2.45, 2.75) is 53.5 Å². The van der Waals surface area contributed by atoms with E-state index in [-0.39, 0.29) is 11.8 Å². The Labute approximate surface area is 204 Å². The topological polar surface area (TPSA) is 67.7 Å². The van der Waals surface area contributed by atoms with Crippen LogP contribution in [0.4, 0.5) is 0 Å². The molecular weight excluding hydrogens is 424 g/mol. The van der Waals surface area contributed by atoms with E-state index in [9.17, 15) is 4.79 Å². The predicted octanol–water partition coefficient (Wildman–Crippen LogP) is 5.27. The number of carbonyl (C=O) groups is 1. The number of imidazole rings is 1. The zero-order chi connectivity index (χ0) is 24.9. The van der Waals surface area contributed by atoms with Gasteiger partial charge in [0.1, 0.15) is 11.6 Å². The minimum absolute atomic E-state index is 0.131. The van der Waals surface area contributed by atoms with Crippen molar-refractivity contribution in [3.8, 4) is 16.9 Å². The number of methoxy groups -OCH3 is 1. The van der Waals surface area contributed by atoms with Crippen LogP contribution >= 0.6 is 0 Å². The van der Waals surface area contributed by atoms with Crippen LogP contribution in [-0.4, -0.2) is 35.5 Å². The minimum Gasteiger partial charge on any atom is -0.497 e. The molecule has 0 radical (unpaired) electrons. The van der Waals surface area contributed by atoms with Gasteiger partial charge in [0.05, 0.1) is 24.4 Å². The summed E-state index contributed by atoms with van der Waals surface area (Å²) in [6.07, 6.45) is 5.08. The lowest BCUT2D eigenvalue weighted by molar-refractivity contribution is -0.138. The zero-order valence-corrected chi connectivity index (χ0v) is 21.7. The molecule has 1 amide bonds. The molecule has 1 aliphatic heterocycles. The molecule has 2 aliphatic rings. The third kappa shape index (κ3) is 4.83. The number of nitrogens with one attached hydrogen (secondary N) is 2. The molecule has 1 saturated carbocycles. The maximum Gasteiger partial charge on any atom is 0.224 e. The summed E-state index contributed by atoms with van der Waals surface area (Å²) >= 11 is 0. The maximum atomic E-state index is 13.0. The third-order valence-corrected chi connectivity index (χ3v) is 6.70. The van der Waals surface area contributed by atoms with Gasteiger partial charge in [-0.1, -0.05) is 45.9 Å². The van der Waals surface area contributed by atoms with Crippen LogP contribution in [-0.2, 0) is 10.3 Å². The lowest BCUT2D eigenvalue weighted by atomic mass is 9.61. The number of pyridine rings is 1. The highest BCUT2D eigenvalue weighted by molar-refractivity contribution is 5.82. The third-order valence-electron chi connectivity index (χ3n) is 6.70. The number of benzene rings is 1. The van der Waals surface area contributed by atoms with Crippen LogP contribution in [0.5, 0.6) is 5.75 Å². The molecule has 1 saturated heterocycles. The second-order valence-electron chi connectivity index (χ2n) is 9.04. The van der Waals surface area contributed by atoms with Crippen molar-refractivity contribution in [1.82, 2.24) is 20.0 Å². The number of hydrogen-bond acceptors (Lipinski definition) is 4. The molecule has 2 unspecified atom stereocenters. The lowest BCUT2D eigenvalue weighted by Gasteiger charge is -2.49. The molecule has 2 N–H and O–H groups in total. The average Bonchev–Trinajstić information content (AvgIpc) is 3.32. The quantitative estimate of drug-likeness (QED) is 0.540. The molecule has 2 atom stereocenters. The first kappa shape index (κ1) is 25.8. The fourth-order valence-electron chi connectivity index (χ4n) is 5.12. The van der Waals surface area contributed by atoms with Crippen molar-refractivity contribution >= 4 is 11.4 Å². The summed E-state index contributed by atoms with van der Waals surface area (Å²) in [6, 6.07) is 12.2. The number of nitrogens with zero attached hydrogens (tertiary/aromatic N) is 2. The van der Waals surface area contributed by atoms with Gasteiger partial charge >= 0.3 is 0 Å². The summed E-state index contributed by atoms with van der Waals surface area (Å²) < 4.78 is 7.36. The van der Waals surface area contributed by atoms with Gasteiger partial charge in [0.15, 0.2) is 0 Å². The molecule has 2 aromatic heterocycles. The van der Waals surface area contributed by atoms with E-state index < -0.39 is 5.54 Å². The Morgan fingerprint density at radius 1 is 1.09 bits per heavy atom. The van der Waals surface area contributed by atoms with E-state index >= 15 is 0 Å². The van der Waals surface area contributed by atoms with Crippen LogP contribution in [0.25, 0.3) is 16.6 Å². The number of amides is 1. The number of rotatable bonds is 5. The van der Waals surface area contributed by atoms with Gasteiger partial charge in [0, 0.05) is 17.7 Å². The van der Waals surface area contributed by atoms with Gasteiger partial charge in [-0.15, -0.1) is 0 Å². The lowest BCUT2D eigenvalue weighted by Crippen LogP contribution is -2.60. The molecule has 6 nitrogen and oxygen atoms in total. The van der Waals surface area contributed by atoms with E-state index in [1.54, 1.807) is 7.11 Å². The van der Waals surface area contributed by atoms with Gasteiger partial charge in [0.2, 0.25) is 5.91 Å². The first-order valence-corrected chi connectivity index (χ1v) is 12.6. The minimum atomic E-state index is -0.570. The van der Waals surface area contributed by atoms with E-state index in [0.29, 0.717) is 11.8 Å². The van der Waals surface area contributed by atoms with Crippen LogP contribution in [0.3, 0.4) is 0 Å². The van der Waals surface area contributed by atoms with Gasteiger partial charge in [-0.2, -0.15) is 0 Å². The van der Waals surface area contributed by atoms with E-state index in [4.69, 9.17) is 9.72 Å². The van der Waals surface area contributed by atoms with E-state index in [1.165, 1.54) is 6.42 Å². The molecule has 3 aromatic rings. The van der Waals surface area contributed by atoms with E-state index in [1.807, 2.05) is 72.1 Å². The number of ether oxygens (including phenoxy) is 1. The number of piperidine rings is 2. The Kier molecular flexibility index (Phi) is 8.37. The van der Waals surface area contributed by atoms with Crippen LogP contribution in [0.1, 0.15) is 53.8 Å². The van der Waals surface area contributed by atoms with Crippen molar-refractivity contribution in [3.63, 3.8) is 0 Å². The van der Waals surface area contributed by atoms with Crippen molar-refractivity contribution < 1.29 is 9.53 Å². The zero-order valence-electron chi connectivity index (χ0n) is 21.7. The summed E-state index contributed by atoms with van der Waals surface area (Å²) in [5.41, 5.74) is 2.65. The molecule has 3 heterocycles. The number of aromatic nitrogens is 2. The van der Waals surface area contributed by atoms with Crippen LogP contribution in [0, 0.1) is 17.8 Å². The Balaban J connectivity index is 0.000000771. The molecule has 1 aromatic carbocycles. The molecule has 5 rings (SSSR count). The van der Waals surface area contributed by atoms with E-state index in [2.05, 4.69) is 33.2 Å². The largest absolute Gasteiger partial charge is 0.497 e. The number of carbonyl (C=O) groups excluding carboxylic acids is 1. The molecule has 2 bridgehead atoms. The second-order valence-corrected chi connectivity index (χ2v) is 9.04. The van der Waals surface area contributed by atoms with Crippen LogP contribution in [0.15, 0.2) is 48.8 Å². The number of fused-ring (bicyclic) bond motifs is 3. The number of hydrogen-bond donors (Lipinski definition) is 2. The van der Waals surface area contributed by atoms with Crippen molar-refractivity contribution in [2.24, 2.45) is 17.8 Å². The first-order chi connectivity index (χ1) is 16.5. The monoisotopic (exact) mass is 464 g/mol. The van der Waals surface area contributed by atoms with Crippen LogP contribution in [0.2, 0.25) is 0 Å². The Morgan fingerprint density at radius 3 is 2.32 bits per heavy atom. The summed E-state index contributed by atoms with van der Waals surface area (Å²) in [5.74, 6) is 2.90. The predicted molar refractivity (Wildman–Crippen MR) is 139 cm³/mol. The van der Waals surface area contributed by atoms with Gasteiger partial charge in [-0.3, -0.25) is 4.79 Å². The smallest absolute Gasteiger partial charge is 0.224 e. The first-order valence-electron chi connectivity index (χ1n) is 12.6. The summed E-state index contributed by atoms with van der Waals surface area (Å²) in [6.45, 7) is 14.0. The highest BCUT2D eigenvalue weighted by Crippen LogP contribution is 2.43. The van der Waals surface area contributed by atoms with Crippen molar-refractivity contribution in [3.05, 3.63) is 54.6 Å². The Morgan fingerprint density at radius 2 is 1.74 bits per heavy atom. The molecule has 1 aliphatic carbocycles. The Bertz CT molecular complexity index is 1070. The fraction of sp³-hybridized carbons (Fsp3) is 0.500. The highest BCUT2D eigenvalue weighted by atomic mass is 16.5. The van der Waals surface area contributed by atoms with Gasteiger partial charge in [-0.05, 0) is 69.0 Å². The highest BCUT2D eigenvalue weighted by Gasteiger charge is 2.48. The average molecular weight is 465 g/mol. The molecule has 6 heteroatoms. The second kappa shape index (κ2) is 11.0. The summed E-state index contributed by atoms with van der Waals surface area (Å²) in [5, 5.41) is 6.70. The Hall–Kier alpha value is -2.86. The SMILES string of the molecule is CC.CC.COc1ccc(-c2cccn3c(C(C)(C)NC(=O)C4C5CNCC4C5)ncc23)cc1. The maximum absolute atomic E-state index is 13.0. The molecule has 0 spiro atoms. The van der Waals surface area contributed by atoms with Gasteiger partial charge < -0.3 is 19.8 Å². The normalized spacial score (nSPS) is 20.7. The van der Waals surface area contributed by atoms with Crippen molar-refractivity contribution in [1.29, 1.82) is 0 Å². The molecular formula is C28H40N4O2. The fourth-order valence-corrected chi connectivity index (χ4v) is 5.12. The molecule has 2 fully saturated rings. The van der Waals surface area contributed by atoms with Gasteiger partial charge in [-0.25, -0.2) is 4.98 Å². The standard InChI is InChI=1S/C24H28N4O2.2C2H6/c1-24(2,27-22(29)21-16-11-17(21)13-25-12-16)23-26-14-20-19(5-4-10-28(20)23)15-6-8-18(30-3)9-7-15;2*1-2/h4-10,14,16-17,21,25H,11-13H2,1-3H3,(H,27,29);2*1-2H3. The summed E-state index contributed by atoms with van der Waals surface area (Å²) in [4.78, 5) is 17.8. The van der Waals surface area contributed by atoms with Gasteiger partial charge in [0.25, 0.3) is 0 Å². The summed E-state index contributed by atoms with van der Waals surface area (Å²) in [7, 11) is 1.67.